The summed E-state index contributed by atoms with van der Waals surface area (Å²) in [5, 5.41) is 4.27. The van der Waals surface area contributed by atoms with E-state index < -0.39 is 0 Å². The Kier molecular flexibility index (Phi) is 2.55. The number of hydrogen-bond acceptors (Lipinski definition) is 4. The van der Waals surface area contributed by atoms with Gasteiger partial charge in [-0.2, -0.15) is 5.10 Å². The van der Waals surface area contributed by atoms with E-state index in [2.05, 4.69) is 5.10 Å². The molecule has 0 radical (unpaired) electrons. The van der Waals surface area contributed by atoms with Crippen molar-refractivity contribution >= 4 is 11.5 Å². The molecule has 19 heavy (non-hydrogen) atoms. The number of aromatic nitrogens is 2. The number of ketones is 1. The fourth-order valence-electron chi connectivity index (χ4n) is 2.58. The normalized spacial score (nSPS) is 13.7. The number of Topliss-reactive ketones (excluding diaryl/α,β-unsaturated/α-hetero) is 1. The SMILES string of the molecule is COc1cc2c(cc1N)-c1cnn(C)c1CCC2=O. The minimum Gasteiger partial charge on any atom is -0.495 e. The highest BCUT2D eigenvalue weighted by Crippen LogP contribution is 2.37. The molecule has 3 rings (SSSR count). The van der Waals surface area contributed by atoms with Crippen LogP contribution in [0.25, 0.3) is 11.1 Å². The maximum Gasteiger partial charge on any atom is 0.164 e. The van der Waals surface area contributed by atoms with E-state index in [1.165, 1.54) is 0 Å². The molecule has 1 heterocycles. The summed E-state index contributed by atoms with van der Waals surface area (Å²) in [6, 6.07) is 3.53. The van der Waals surface area contributed by atoms with Gasteiger partial charge in [0.2, 0.25) is 0 Å². The number of ether oxygens (including phenoxy) is 1. The Morgan fingerprint density at radius 1 is 1.26 bits per heavy atom. The number of nitrogens with two attached hydrogens (primary N) is 1. The fraction of sp³-hybridized carbons (Fsp3) is 0.286. The summed E-state index contributed by atoms with van der Waals surface area (Å²) in [6.07, 6.45) is 2.97. The molecule has 0 atom stereocenters. The zero-order valence-corrected chi connectivity index (χ0v) is 10.9. The van der Waals surface area contributed by atoms with Crippen molar-refractivity contribution in [3.05, 3.63) is 29.6 Å². The average molecular weight is 257 g/mol. The maximum atomic E-state index is 12.2. The highest BCUT2D eigenvalue weighted by Gasteiger charge is 2.24. The van der Waals surface area contributed by atoms with Crippen molar-refractivity contribution < 1.29 is 9.53 Å². The van der Waals surface area contributed by atoms with Crippen LogP contribution < -0.4 is 10.5 Å². The molecule has 0 spiro atoms. The number of hydrogen-bond donors (Lipinski definition) is 1. The van der Waals surface area contributed by atoms with Gasteiger partial charge >= 0.3 is 0 Å². The first-order valence-corrected chi connectivity index (χ1v) is 6.13. The number of aryl methyl sites for hydroxylation is 1. The minimum absolute atomic E-state index is 0.115. The third-order valence-corrected chi connectivity index (χ3v) is 3.61. The molecule has 5 heteroatoms. The molecule has 98 valence electrons. The Hall–Kier alpha value is -2.30. The monoisotopic (exact) mass is 257 g/mol. The van der Waals surface area contributed by atoms with Crippen LogP contribution in [-0.4, -0.2) is 22.7 Å². The number of nitrogens with zero attached hydrogens (tertiary/aromatic N) is 2. The van der Waals surface area contributed by atoms with Gasteiger partial charge in [-0.3, -0.25) is 9.48 Å². The van der Waals surface area contributed by atoms with Crippen LogP contribution >= 0.6 is 0 Å². The molecular weight excluding hydrogens is 242 g/mol. The summed E-state index contributed by atoms with van der Waals surface area (Å²) < 4.78 is 7.01. The van der Waals surface area contributed by atoms with Crippen LogP contribution in [0.5, 0.6) is 5.75 Å². The largest absolute Gasteiger partial charge is 0.495 e. The predicted molar refractivity (Wildman–Crippen MR) is 72.3 cm³/mol. The van der Waals surface area contributed by atoms with E-state index in [1.54, 1.807) is 25.4 Å². The van der Waals surface area contributed by atoms with E-state index in [0.29, 0.717) is 29.8 Å². The van der Waals surface area contributed by atoms with Crippen LogP contribution in [0.1, 0.15) is 22.5 Å². The topological polar surface area (TPSA) is 70.1 Å². The standard InChI is InChI=1S/C14H15N3O2/c1-17-12-3-4-13(18)9-6-14(19-2)11(15)5-8(9)10(12)7-16-17/h5-7H,3-4,15H2,1-2H3. The summed E-state index contributed by atoms with van der Waals surface area (Å²) in [5.41, 5.74) is 10.1. The van der Waals surface area contributed by atoms with E-state index in [-0.39, 0.29) is 5.78 Å². The van der Waals surface area contributed by atoms with Crippen LogP contribution in [0, 0.1) is 0 Å². The van der Waals surface area contributed by atoms with Crippen LogP contribution in [0.4, 0.5) is 5.69 Å². The molecule has 0 fully saturated rings. The van der Waals surface area contributed by atoms with E-state index in [0.717, 1.165) is 16.8 Å². The zero-order valence-electron chi connectivity index (χ0n) is 10.9. The van der Waals surface area contributed by atoms with Gasteiger partial charge in [0.15, 0.2) is 5.78 Å². The summed E-state index contributed by atoms with van der Waals surface area (Å²) in [5.74, 6) is 0.656. The van der Waals surface area contributed by atoms with Crippen molar-refractivity contribution in [3.63, 3.8) is 0 Å². The summed E-state index contributed by atoms with van der Waals surface area (Å²) in [6.45, 7) is 0. The van der Waals surface area contributed by atoms with E-state index in [9.17, 15) is 4.79 Å². The molecule has 1 aliphatic carbocycles. The number of benzene rings is 1. The van der Waals surface area contributed by atoms with Crippen molar-refractivity contribution in [2.75, 3.05) is 12.8 Å². The molecule has 0 unspecified atom stereocenters. The Morgan fingerprint density at radius 3 is 2.79 bits per heavy atom. The second-order valence-corrected chi connectivity index (χ2v) is 4.69. The average Bonchev–Trinajstić information content (AvgIpc) is 2.70. The molecule has 2 N–H and O–H groups in total. The molecule has 0 amide bonds. The van der Waals surface area contributed by atoms with Crippen molar-refractivity contribution in [2.24, 2.45) is 7.05 Å². The van der Waals surface area contributed by atoms with E-state index in [4.69, 9.17) is 10.5 Å². The number of methoxy groups -OCH3 is 1. The summed E-state index contributed by atoms with van der Waals surface area (Å²) in [4.78, 5) is 12.2. The van der Waals surface area contributed by atoms with Crippen LogP contribution in [0.15, 0.2) is 18.3 Å². The van der Waals surface area contributed by atoms with Gasteiger partial charge < -0.3 is 10.5 Å². The Morgan fingerprint density at radius 2 is 2.05 bits per heavy atom. The Balaban J connectivity index is 2.30. The summed E-state index contributed by atoms with van der Waals surface area (Å²) >= 11 is 0. The quantitative estimate of drug-likeness (QED) is 0.791. The third-order valence-electron chi connectivity index (χ3n) is 3.61. The lowest BCUT2D eigenvalue weighted by Gasteiger charge is -2.10. The Bertz CT molecular complexity index is 674. The van der Waals surface area contributed by atoms with Gasteiger partial charge in [0.25, 0.3) is 0 Å². The molecule has 0 aliphatic heterocycles. The first-order valence-electron chi connectivity index (χ1n) is 6.13. The lowest BCUT2D eigenvalue weighted by atomic mass is 9.98. The van der Waals surface area contributed by atoms with Crippen molar-refractivity contribution in [3.8, 4) is 16.9 Å². The van der Waals surface area contributed by atoms with Crippen molar-refractivity contribution in [1.82, 2.24) is 9.78 Å². The smallest absolute Gasteiger partial charge is 0.164 e. The molecule has 0 saturated heterocycles. The van der Waals surface area contributed by atoms with Gasteiger partial charge in [-0.05, 0) is 24.1 Å². The van der Waals surface area contributed by atoms with Crippen LogP contribution in [0.3, 0.4) is 0 Å². The summed E-state index contributed by atoms with van der Waals surface area (Å²) in [7, 11) is 3.44. The highest BCUT2D eigenvalue weighted by molar-refractivity contribution is 6.05. The lowest BCUT2D eigenvalue weighted by Crippen LogP contribution is -2.03. The number of rotatable bonds is 1. The van der Waals surface area contributed by atoms with Gasteiger partial charge in [0, 0.05) is 30.3 Å². The van der Waals surface area contributed by atoms with Gasteiger partial charge in [-0.1, -0.05) is 0 Å². The molecule has 1 aromatic heterocycles. The molecule has 1 aliphatic rings. The highest BCUT2D eigenvalue weighted by atomic mass is 16.5. The number of carbonyl (C=O) groups is 1. The van der Waals surface area contributed by atoms with Crippen molar-refractivity contribution in [1.29, 1.82) is 0 Å². The number of nitrogen functional groups attached to an aromatic ring is 1. The molecule has 1 aromatic carbocycles. The number of carbonyl (C=O) groups excluding carboxylic acids is 1. The Labute approximate surface area is 111 Å². The van der Waals surface area contributed by atoms with Crippen LogP contribution in [-0.2, 0) is 13.5 Å². The minimum atomic E-state index is 0.115. The number of anilines is 1. The first-order chi connectivity index (χ1) is 9.11. The third kappa shape index (κ3) is 1.69. The number of fused-ring (bicyclic) bond motifs is 3. The van der Waals surface area contributed by atoms with Crippen molar-refractivity contribution in [2.45, 2.75) is 12.8 Å². The second-order valence-electron chi connectivity index (χ2n) is 4.69. The van der Waals surface area contributed by atoms with Gasteiger partial charge in [-0.25, -0.2) is 0 Å². The lowest BCUT2D eigenvalue weighted by molar-refractivity contribution is 0.0983. The molecule has 0 saturated carbocycles. The van der Waals surface area contributed by atoms with Gasteiger partial charge in [-0.15, -0.1) is 0 Å². The molecule has 5 nitrogen and oxygen atoms in total. The van der Waals surface area contributed by atoms with Crippen LogP contribution in [0.2, 0.25) is 0 Å². The van der Waals surface area contributed by atoms with E-state index in [1.807, 2.05) is 11.7 Å². The predicted octanol–water partition coefficient (Wildman–Crippen LogP) is 1.81. The molecular formula is C14H15N3O2. The maximum absolute atomic E-state index is 12.2. The second kappa shape index (κ2) is 4.12. The zero-order chi connectivity index (χ0) is 13.6. The fourth-order valence-corrected chi connectivity index (χ4v) is 2.58. The molecule has 2 aromatic rings. The van der Waals surface area contributed by atoms with Gasteiger partial charge in [0.1, 0.15) is 5.75 Å². The van der Waals surface area contributed by atoms with E-state index >= 15 is 0 Å². The van der Waals surface area contributed by atoms with Gasteiger partial charge in [0.05, 0.1) is 19.0 Å². The first kappa shape index (κ1) is 11.8. The molecule has 0 bridgehead atoms.